The summed E-state index contributed by atoms with van der Waals surface area (Å²) in [5.74, 6) is 0.529. The summed E-state index contributed by atoms with van der Waals surface area (Å²) in [6.07, 6.45) is 0.551. The number of aryl methyl sites for hydroxylation is 1. The summed E-state index contributed by atoms with van der Waals surface area (Å²) in [4.78, 5) is 1.38. The largest absolute Gasteiger partial charge is 0.388 e. The maximum absolute atomic E-state index is 11.4. The number of hydrogen-bond acceptors (Lipinski definition) is 4. The number of rotatable bonds is 5. The van der Waals surface area contributed by atoms with Crippen molar-refractivity contribution in [2.45, 2.75) is 22.8 Å². The standard InChI is InChI=1S/C16H18O3S2/c1-12-4-3-5-14(10-12)20-11-16(17)13-6-8-15(9-7-13)21(2,18)19/h3-10,16-17H,11H2,1-2H3. The van der Waals surface area contributed by atoms with Crippen LogP contribution in [0.1, 0.15) is 17.2 Å². The predicted molar refractivity (Wildman–Crippen MR) is 86.4 cm³/mol. The number of aliphatic hydroxyl groups is 1. The van der Waals surface area contributed by atoms with Gasteiger partial charge in [-0.3, -0.25) is 0 Å². The highest BCUT2D eigenvalue weighted by atomic mass is 32.2. The third-order valence-electron chi connectivity index (χ3n) is 3.09. The van der Waals surface area contributed by atoms with Gasteiger partial charge >= 0.3 is 0 Å². The highest BCUT2D eigenvalue weighted by Crippen LogP contribution is 2.25. The van der Waals surface area contributed by atoms with Crippen molar-refractivity contribution >= 4 is 21.6 Å². The van der Waals surface area contributed by atoms with Gasteiger partial charge in [0.2, 0.25) is 0 Å². The Morgan fingerprint density at radius 2 is 1.81 bits per heavy atom. The van der Waals surface area contributed by atoms with Gasteiger partial charge < -0.3 is 5.11 Å². The van der Waals surface area contributed by atoms with Crippen molar-refractivity contribution in [1.29, 1.82) is 0 Å². The van der Waals surface area contributed by atoms with E-state index in [0.29, 0.717) is 5.75 Å². The van der Waals surface area contributed by atoms with E-state index >= 15 is 0 Å². The fourth-order valence-corrected chi connectivity index (χ4v) is 3.53. The molecule has 2 rings (SSSR count). The van der Waals surface area contributed by atoms with Crippen LogP contribution in [0, 0.1) is 6.92 Å². The summed E-state index contributed by atoms with van der Waals surface area (Å²) in [6, 6.07) is 14.5. The molecule has 1 atom stereocenters. The first-order valence-electron chi connectivity index (χ1n) is 6.54. The van der Waals surface area contributed by atoms with Gasteiger partial charge in [-0.05, 0) is 36.8 Å². The molecule has 0 aliphatic carbocycles. The SMILES string of the molecule is Cc1cccc(SCC(O)c2ccc(S(C)(=O)=O)cc2)c1. The molecule has 5 heteroatoms. The lowest BCUT2D eigenvalue weighted by Crippen LogP contribution is -2.02. The van der Waals surface area contributed by atoms with Gasteiger partial charge in [0.15, 0.2) is 9.84 Å². The molecule has 2 aromatic carbocycles. The first-order valence-corrected chi connectivity index (χ1v) is 9.41. The molecule has 3 nitrogen and oxygen atoms in total. The normalized spacial score (nSPS) is 13.1. The topological polar surface area (TPSA) is 54.4 Å². The maximum Gasteiger partial charge on any atom is 0.175 e. The van der Waals surface area contributed by atoms with E-state index in [1.807, 2.05) is 25.1 Å². The molecule has 0 aliphatic heterocycles. The third-order valence-corrected chi connectivity index (χ3v) is 5.29. The van der Waals surface area contributed by atoms with Crippen LogP contribution in [0.2, 0.25) is 0 Å². The van der Waals surface area contributed by atoms with Gasteiger partial charge in [-0.25, -0.2) is 8.42 Å². The summed E-state index contributed by atoms with van der Waals surface area (Å²) < 4.78 is 22.8. The Morgan fingerprint density at radius 3 is 2.38 bits per heavy atom. The van der Waals surface area contributed by atoms with Crippen molar-refractivity contribution in [3.63, 3.8) is 0 Å². The molecule has 0 spiro atoms. The molecular weight excluding hydrogens is 304 g/mol. The summed E-state index contributed by atoms with van der Waals surface area (Å²) in [5, 5.41) is 10.2. The van der Waals surface area contributed by atoms with Crippen LogP contribution in [0.5, 0.6) is 0 Å². The predicted octanol–water partition coefficient (Wildman–Crippen LogP) is 3.22. The first-order chi connectivity index (χ1) is 9.86. The molecule has 0 aliphatic rings. The van der Waals surface area contributed by atoms with E-state index < -0.39 is 15.9 Å². The monoisotopic (exact) mass is 322 g/mol. The zero-order chi connectivity index (χ0) is 15.5. The summed E-state index contributed by atoms with van der Waals surface area (Å²) in [7, 11) is -3.19. The van der Waals surface area contributed by atoms with Crippen LogP contribution in [0.4, 0.5) is 0 Å². The molecule has 0 amide bonds. The summed E-state index contributed by atoms with van der Waals surface area (Å²) in [5.41, 5.74) is 1.91. The second-order valence-electron chi connectivity index (χ2n) is 4.98. The maximum atomic E-state index is 11.4. The molecular formula is C16H18O3S2. The summed E-state index contributed by atoms with van der Waals surface area (Å²) >= 11 is 1.58. The van der Waals surface area contributed by atoms with E-state index in [4.69, 9.17) is 0 Å². The number of aliphatic hydroxyl groups excluding tert-OH is 1. The molecule has 1 unspecified atom stereocenters. The van der Waals surface area contributed by atoms with Gasteiger partial charge in [0, 0.05) is 16.9 Å². The average molecular weight is 322 g/mol. The third kappa shape index (κ3) is 4.59. The van der Waals surface area contributed by atoms with Gasteiger partial charge in [-0.1, -0.05) is 29.8 Å². The minimum atomic E-state index is -3.19. The van der Waals surface area contributed by atoms with Crippen molar-refractivity contribution < 1.29 is 13.5 Å². The summed E-state index contributed by atoms with van der Waals surface area (Å²) in [6.45, 7) is 2.03. The fourth-order valence-electron chi connectivity index (χ4n) is 1.91. The van der Waals surface area contributed by atoms with E-state index in [9.17, 15) is 13.5 Å². The Balaban J connectivity index is 2.02. The Morgan fingerprint density at radius 1 is 1.14 bits per heavy atom. The van der Waals surface area contributed by atoms with Crippen molar-refractivity contribution in [2.75, 3.05) is 12.0 Å². The minimum Gasteiger partial charge on any atom is -0.388 e. The number of hydrogen-bond donors (Lipinski definition) is 1. The van der Waals surface area contributed by atoms with Gasteiger partial charge in [0.25, 0.3) is 0 Å². The van der Waals surface area contributed by atoms with Gasteiger partial charge in [-0.15, -0.1) is 11.8 Å². The number of thioether (sulfide) groups is 1. The van der Waals surface area contributed by atoms with E-state index in [-0.39, 0.29) is 4.90 Å². The van der Waals surface area contributed by atoms with Crippen LogP contribution < -0.4 is 0 Å². The fraction of sp³-hybridized carbons (Fsp3) is 0.250. The lowest BCUT2D eigenvalue weighted by Gasteiger charge is -2.11. The first kappa shape index (κ1) is 16.1. The highest BCUT2D eigenvalue weighted by molar-refractivity contribution is 7.99. The Kier molecular flexibility index (Phi) is 5.08. The molecule has 1 N–H and O–H groups in total. The van der Waals surface area contributed by atoms with Crippen LogP contribution in [0.3, 0.4) is 0 Å². The average Bonchev–Trinajstić information content (AvgIpc) is 2.44. The zero-order valence-corrected chi connectivity index (χ0v) is 13.6. The highest BCUT2D eigenvalue weighted by Gasteiger charge is 2.11. The van der Waals surface area contributed by atoms with Crippen LogP contribution >= 0.6 is 11.8 Å². The van der Waals surface area contributed by atoms with E-state index in [1.54, 1.807) is 23.9 Å². The minimum absolute atomic E-state index is 0.268. The van der Waals surface area contributed by atoms with E-state index in [1.165, 1.54) is 24.0 Å². The number of benzene rings is 2. The molecule has 0 radical (unpaired) electrons. The van der Waals surface area contributed by atoms with E-state index in [0.717, 1.165) is 10.5 Å². The molecule has 112 valence electrons. The Labute approximate surface area is 129 Å². The van der Waals surface area contributed by atoms with Crippen molar-refractivity contribution in [1.82, 2.24) is 0 Å². The molecule has 2 aromatic rings. The smallest absolute Gasteiger partial charge is 0.175 e. The second kappa shape index (κ2) is 6.64. The quantitative estimate of drug-likeness (QED) is 0.859. The molecule has 0 saturated heterocycles. The molecule has 0 fully saturated rings. The Hall–Kier alpha value is -1.30. The number of sulfone groups is 1. The van der Waals surface area contributed by atoms with Crippen LogP contribution in [0.25, 0.3) is 0 Å². The van der Waals surface area contributed by atoms with Crippen molar-refractivity contribution in [3.05, 3.63) is 59.7 Å². The molecule has 0 aromatic heterocycles. The lowest BCUT2D eigenvalue weighted by atomic mass is 10.1. The van der Waals surface area contributed by atoms with E-state index in [2.05, 4.69) is 6.07 Å². The van der Waals surface area contributed by atoms with Crippen molar-refractivity contribution in [3.8, 4) is 0 Å². The van der Waals surface area contributed by atoms with Crippen LogP contribution in [0.15, 0.2) is 58.3 Å². The molecule has 0 heterocycles. The van der Waals surface area contributed by atoms with Crippen molar-refractivity contribution in [2.24, 2.45) is 0 Å². The molecule has 0 saturated carbocycles. The van der Waals surface area contributed by atoms with Crippen LogP contribution in [-0.2, 0) is 9.84 Å². The lowest BCUT2D eigenvalue weighted by molar-refractivity contribution is 0.204. The zero-order valence-electron chi connectivity index (χ0n) is 12.0. The van der Waals surface area contributed by atoms with Gasteiger partial charge in [0.1, 0.15) is 0 Å². The second-order valence-corrected chi connectivity index (χ2v) is 8.09. The van der Waals surface area contributed by atoms with Gasteiger partial charge in [0.05, 0.1) is 11.0 Å². The Bertz CT molecular complexity index is 707. The molecule has 0 bridgehead atoms. The van der Waals surface area contributed by atoms with Crippen LogP contribution in [-0.4, -0.2) is 25.5 Å². The van der Waals surface area contributed by atoms with Gasteiger partial charge in [-0.2, -0.15) is 0 Å². The molecule has 21 heavy (non-hydrogen) atoms.